The van der Waals surface area contributed by atoms with Crippen molar-refractivity contribution < 1.29 is 4.74 Å². The molecule has 0 saturated carbocycles. The normalized spacial score (nSPS) is 11.0. The molecule has 0 radical (unpaired) electrons. The largest absolute Gasteiger partial charge is 0.490 e. The number of benzene rings is 1. The minimum atomic E-state index is 0.618. The van der Waals surface area contributed by atoms with E-state index >= 15 is 0 Å². The highest BCUT2D eigenvalue weighted by atomic mass is 32.1. The van der Waals surface area contributed by atoms with Gasteiger partial charge in [-0.15, -0.1) is 11.3 Å². The lowest BCUT2D eigenvalue weighted by Gasteiger charge is -2.03. The molecule has 2 rings (SSSR count). The SMILES string of the molecule is C/C=C/COc1ccc(-c2ncc(CC)s2)cc1. The summed E-state index contributed by atoms with van der Waals surface area (Å²) in [7, 11) is 0. The number of aromatic nitrogens is 1. The molecule has 0 N–H and O–H groups in total. The van der Waals surface area contributed by atoms with Crippen LogP contribution in [0.5, 0.6) is 5.75 Å². The highest BCUT2D eigenvalue weighted by Crippen LogP contribution is 2.26. The van der Waals surface area contributed by atoms with Crippen molar-refractivity contribution in [2.75, 3.05) is 6.61 Å². The fraction of sp³-hybridized carbons (Fsp3) is 0.267. The number of ether oxygens (including phenoxy) is 1. The minimum Gasteiger partial charge on any atom is -0.490 e. The lowest BCUT2D eigenvalue weighted by molar-refractivity contribution is 0.363. The van der Waals surface area contributed by atoms with Crippen LogP contribution in [0.15, 0.2) is 42.6 Å². The predicted molar refractivity (Wildman–Crippen MR) is 77.2 cm³/mol. The fourth-order valence-corrected chi connectivity index (χ4v) is 2.40. The summed E-state index contributed by atoms with van der Waals surface area (Å²) < 4.78 is 5.56. The van der Waals surface area contributed by atoms with E-state index in [-0.39, 0.29) is 0 Å². The zero-order valence-electron chi connectivity index (χ0n) is 10.7. The van der Waals surface area contributed by atoms with Gasteiger partial charge in [0, 0.05) is 16.6 Å². The van der Waals surface area contributed by atoms with Gasteiger partial charge in [0.05, 0.1) is 0 Å². The van der Waals surface area contributed by atoms with Gasteiger partial charge in [0.15, 0.2) is 0 Å². The maximum atomic E-state index is 5.56. The van der Waals surface area contributed by atoms with Gasteiger partial charge < -0.3 is 4.74 Å². The second-order valence-corrected chi connectivity index (χ2v) is 5.00. The van der Waals surface area contributed by atoms with Gasteiger partial charge in [-0.1, -0.05) is 19.1 Å². The van der Waals surface area contributed by atoms with Crippen molar-refractivity contribution >= 4 is 11.3 Å². The van der Waals surface area contributed by atoms with Crippen LogP contribution in [0.1, 0.15) is 18.7 Å². The lowest BCUT2D eigenvalue weighted by atomic mass is 10.2. The van der Waals surface area contributed by atoms with E-state index in [1.807, 2.05) is 37.4 Å². The van der Waals surface area contributed by atoms with Gasteiger partial charge in [-0.3, -0.25) is 0 Å². The van der Waals surface area contributed by atoms with Gasteiger partial charge in [0.25, 0.3) is 0 Å². The highest BCUT2D eigenvalue weighted by molar-refractivity contribution is 7.15. The molecule has 0 saturated heterocycles. The van der Waals surface area contributed by atoms with Crippen LogP contribution >= 0.6 is 11.3 Å². The maximum absolute atomic E-state index is 5.56. The van der Waals surface area contributed by atoms with Crippen LogP contribution in [0.25, 0.3) is 10.6 Å². The van der Waals surface area contributed by atoms with Gasteiger partial charge in [-0.05, 0) is 37.6 Å². The number of aryl methyl sites for hydroxylation is 1. The minimum absolute atomic E-state index is 0.618. The Bertz CT molecular complexity index is 514. The summed E-state index contributed by atoms with van der Waals surface area (Å²) in [6.07, 6.45) is 6.97. The summed E-state index contributed by atoms with van der Waals surface area (Å²) in [4.78, 5) is 5.75. The molecule has 2 aromatic rings. The lowest BCUT2D eigenvalue weighted by Crippen LogP contribution is -1.92. The number of rotatable bonds is 5. The first-order valence-corrected chi connectivity index (χ1v) is 6.94. The molecule has 1 heterocycles. The van der Waals surface area contributed by atoms with E-state index < -0.39 is 0 Å². The number of hydrogen-bond donors (Lipinski definition) is 0. The third kappa shape index (κ3) is 3.20. The summed E-state index contributed by atoms with van der Waals surface area (Å²) in [5.41, 5.74) is 1.15. The van der Waals surface area contributed by atoms with Crippen LogP contribution < -0.4 is 4.74 Å². The van der Waals surface area contributed by atoms with Gasteiger partial charge >= 0.3 is 0 Å². The second-order valence-electron chi connectivity index (χ2n) is 3.89. The van der Waals surface area contributed by atoms with Crippen LogP contribution in [-0.2, 0) is 6.42 Å². The smallest absolute Gasteiger partial charge is 0.123 e. The molecule has 0 atom stereocenters. The number of nitrogens with zero attached hydrogens (tertiary/aromatic N) is 1. The zero-order valence-corrected chi connectivity index (χ0v) is 11.5. The second kappa shape index (κ2) is 6.36. The molecule has 0 amide bonds. The molecule has 18 heavy (non-hydrogen) atoms. The first-order chi connectivity index (χ1) is 8.83. The molecule has 1 aromatic carbocycles. The van der Waals surface area contributed by atoms with Crippen molar-refractivity contribution in [1.82, 2.24) is 4.98 Å². The van der Waals surface area contributed by atoms with Gasteiger partial charge in [-0.25, -0.2) is 4.98 Å². The Balaban J connectivity index is 2.07. The third-order valence-electron chi connectivity index (χ3n) is 2.59. The Morgan fingerprint density at radius 2 is 2.06 bits per heavy atom. The first kappa shape index (κ1) is 12.8. The monoisotopic (exact) mass is 259 g/mol. The molecule has 3 heteroatoms. The summed E-state index contributed by atoms with van der Waals surface area (Å²) in [6, 6.07) is 8.10. The van der Waals surface area contributed by atoms with Crippen LogP contribution in [0.2, 0.25) is 0 Å². The fourth-order valence-electron chi connectivity index (χ4n) is 1.54. The molecular formula is C15H17NOS. The van der Waals surface area contributed by atoms with E-state index in [2.05, 4.69) is 24.0 Å². The molecular weight excluding hydrogens is 242 g/mol. The zero-order chi connectivity index (χ0) is 12.8. The van der Waals surface area contributed by atoms with E-state index in [1.165, 1.54) is 4.88 Å². The van der Waals surface area contributed by atoms with E-state index in [9.17, 15) is 0 Å². The average Bonchev–Trinajstić information content (AvgIpc) is 2.89. The topological polar surface area (TPSA) is 22.1 Å². The Kier molecular flexibility index (Phi) is 4.53. The van der Waals surface area contributed by atoms with Crippen molar-refractivity contribution in [3.8, 4) is 16.3 Å². The van der Waals surface area contributed by atoms with Crippen molar-refractivity contribution in [3.63, 3.8) is 0 Å². The average molecular weight is 259 g/mol. The summed E-state index contributed by atoms with van der Waals surface area (Å²) in [5, 5.41) is 1.08. The molecule has 0 aliphatic carbocycles. The number of hydrogen-bond acceptors (Lipinski definition) is 3. The van der Waals surface area contributed by atoms with E-state index in [1.54, 1.807) is 11.3 Å². The van der Waals surface area contributed by atoms with E-state index in [4.69, 9.17) is 4.74 Å². The molecule has 1 aromatic heterocycles. The van der Waals surface area contributed by atoms with Crippen molar-refractivity contribution in [3.05, 3.63) is 47.5 Å². The summed E-state index contributed by atoms with van der Waals surface area (Å²) in [5.74, 6) is 0.893. The van der Waals surface area contributed by atoms with Gasteiger partial charge in [0.2, 0.25) is 0 Å². The molecule has 0 fully saturated rings. The molecule has 0 spiro atoms. The Labute approximate surface area is 112 Å². The Hall–Kier alpha value is -1.61. The molecule has 0 aliphatic rings. The van der Waals surface area contributed by atoms with E-state index in [0.29, 0.717) is 6.61 Å². The van der Waals surface area contributed by atoms with Crippen LogP contribution in [0, 0.1) is 0 Å². The standard InChI is InChI=1S/C15H17NOS/c1-3-5-10-17-13-8-6-12(7-9-13)15-16-11-14(4-2)18-15/h3,5-9,11H,4,10H2,1-2H3/b5-3+. The predicted octanol–water partition coefficient (Wildman–Crippen LogP) is 4.33. The Morgan fingerprint density at radius 3 is 2.67 bits per heavy atom. The molecule has 0 aliphatic heterocycles. The maximum Gasteiger partial charge on any atom is 0.123 e. The molecule has 0 bridgehead atoms. The quantitative estimate of drug-likeness (QED) is 0.746. The van der Waals surface area contributed by atoms with Crippen LogP contribution in [0.3, 0.4) is 0 Å². The number of allylic oxidation sites excluding steroid dienone is 1. The summed E-state index contributed by atoms with van der Waals surface area (Å²) in [6.45, 7) is 4.75. The molecule has 0 unspecified atom stereocenters. The third-order valence-corrected chi connectivity index (χ3v) is 3.78. The molecule has 94 valence electrons. The van der Waals surface area contributed by atoms with Gasteiger partial charge in [0.1, 0.15) is 17.4 Å². The van der Waals surface area contributed by atoms with E-state index in [0.717, 1.165) is 22.7 Å². The first-order valence-electron chi connectivity index (χ1n) is 6.12. The van der Waals surface area contributed by atoms with Crippen molar-refractivity contribution in [2.45, 2.75) is 20.3 Å². The molecule has 2 nitrogen and oxygen atoms in total. The van der Waals surface area contributed by atoms with Gasteiger partial charge in [-0.2, -0.15) is 0 Å². The van der Waals surface area contributed by atoms with Crippen molar-refractivity contribution in [1.29, 1.82) is 0 Å². The number of thiazole rings is 1. The van der Waals surface area contributed by atoms with Crippen LogP contribution in [0.4, 0.5) is 0 Å². The highest BCUT2D eigenvalue weighted by Gasteiger charge is 2.03. The van der Waals surface area contributed by atoms with Crippen molar-refractivity contribution in [2.24, 2.45) is 0 Å². The summed E-state index contributed by atoms with van der Waals surface area (Å²) >= 11 is 1.75. The van der Waals surface area contributed by atoms with Crippen LogP contribution in [-0.4, -0.2) is 11.6 Å². The Morgan fingerprint density at radius 1 is 1.28 bits per heavy atom.